The van der Waals surface area contributed by atoms with Crippen molar-refractivity contribution in [1.29, 1.82) is 0 Å². The third-order valence-electron chi connectivity index (χ3n) is 12.4. The van der Waals surface area contributed by atoms with Gasteiger partial charge in [0.1, 0.15) is 22.3 Å². The minimum Gasteiger partial charge on any atom is -0.455 e. The molecule has 1 N–H and O–H groups in total. The van der Waals surface area contributed by atoms with E-state index in [0.717, 1.165) is 22.3 Å². The van der Waals surface area contributed by atoms with Gasteiger partial charge in [0, 0.05) is 37.9 Å². The van der Waals surface area contributed by atoms with Crippen molar-refractivity contribution in [2.45, 2.75) is 85.3 Å². The third-order valence-corrected chi connectivity index (χ3v) is 12.4. The molecular formula is C50H44N2O6. The molecule has 8 aromatic rings. The van der Waals surface area contributed by atoms with Crippen LogP contribution < -0.4 is 9.80 Å². The predicted octanol–water partition coefficient (Wildman–Crippen LogP) is 12.6. The average molecular weight is 769 g/mol. The number of hydrogen-bond donors (Lipinski definition) is 1. The SMILES string of the molecule is CC(C)c1cccc(C(C)C)c1N1C(=O)c2c3oc4ccccc4c3c3c4c(c5oc6ccccc6c5c(c24)C1=O)C(=O)N(c1c(C(C)C)cccc1C(C)C)C3O. The van der Waals surface area contributed by atoms with Gasteiger partial charge in [-0.25, -0.2) is 4.90 Å². The van der Waals surface area contributed by atoms with Crippen molar-refractivity contribution in [2.75, 3.05) is 9.80 Å². The second kappa shape index (κ2) is 12.6. The molecule has 0 spiro atoms. The largest absolute Gasteiger partial charge is 0.455 e. The molecule has 2 aromatic heterocycles. The van der Waals surface area contributed by atoms with Crippen molar-refractivity contribution in [3.63, 3.8) is 0 Å². The van der Waals surface area contributed by atoms with Gasteiger partial charge in [-0.3, -0.25) is 19.3 Å². The van der Waals surface area contributed by atoms with E-state index in [1.54, 1.807) is 0 Å². The Kier molecular flexibility index (Phi) is 7.86. The lowest BCUT2D eigenvalue weighted by molar-refractivity contribution is 0.0868. The number of fused-ring (bicyclic) bond motifs is 10. The highest BCUT2D eigenvalue weighted by Crippen LogP contribution is 2.55. The van der Waals surface area contributed by atoms with Crippen molar-refractivity contribution >= 4 is 83.7 Å². The van der Waals surface area contributed by atoms with Crippen LogP contribution in [0.3, 0.4) is 0 Å². The summed E-state index contributed by atoms with van der Waals surface area (Å²) in [4.78, 5) is 49.9. The summed E-state index contributed by atoms with van der Waals surface area (Å²) in [6.45, 7) is 16.5. The molecule has 2 aliphatic rings. The molecule has 0 aliphatic carbocycles. The summed E-state index contributed by atoms with van der Waals surface area (Å²) in [7, 11) is 0. The van der Waals surface area contributed by atoms with Gasteiger partial charge < -0.3 is 13.9 Å². The lowest BCUT2D eigenvalue weighted by Gasteiger charge is -2.39. The Labute approximate surface area is 335 Å². The fourth-order valence-corrected chi connectivity index (χ4v) is 9.75. The van der Waals surface area contributed by atoms with E-state index in [1.807, 2.05) is 84.9 Å². The highest BCUT2D eigenvalue weighted by Gasteiger charge is 2.48. The first kappa shape index (κ1) is 36.1. The molecule has 0 bridgehead atoms. The monoisotopic (exact) mass is 768 g/mol. The number of carbonyl (C=O) groups excluding carboxylic acids is 3. The summed E-state index contributed by atoms with van der Waals surface area (Å²) in [5.41, 5.74) is 7.26. The van der Waals surface area contributed by atoms with Crippen LogP contribution in [0.25, 0.3) is 54.6 Å². The van der Waals surface area contributed by atoms with Gasteiger partial charge in [-0.15, -0.1) is 0 Å². The molecule has 3 amide bonds. The Hall–Kier alpha value is -6.25. The summed E-state index contributed by atoms with van der Waals surface area (Å²) < 4.78 is 13.5. The highest BCUT2D eigenvalue weighted by atomic mass is 16.3. The van der Waals surface area contributed by atoms with Gasteiger partial charge >= 0.3 is 0 Å². The van der Waals surface area contributed by atoms with Gasteiger partial charge in [-0.05, 0) is 58.1 Å². The summed E-state index contributed by atoms with van der Waals surface area (Å²) in [6, 6.07) is 26.9. The Balaban J connectivity index is 1.44. The fraction of sp³-hybridized carbons (Fsp3) is 0.260. The number of imide groups is 1. The van der Waals surface area contributed by atoms with Crippen molar-refractivity contribution in [2.24, 2.45) is 0 Å². The van der Waals surface area contributed by atoms with E-state index in [2.05, 4.69) is 55.4 Å². The molecule has 0 saturated heterocycles. The number of aliphatic hydroxyl groups excluding tert-OH is 1. The van der Waals surface area contributed by atoms with Crippen LogP contribution in [-0.4, -0.2) is 22.8 Å². The Morgan fingerprint density at radius 1 is 0.483 bits per heavy atom. The standard InChI is InChI=1S/C50H44N2O6/c1-23(2)27-17-13-18-28(24(3)4)43(27)51-47(53)39-35-31-15-9-11-21-33(31)58-46(35)42-38-37(39)41(49(51)55)45-36(32-16-10-12-22-34(32)57-45)40(38)48(54)52(50(42)56)44-29(25(5)6)19-14-20-30(44)26(7)8/h9-26,47,53H,1-8H3. The number of nitrogens with zero attached hydrogens (tertiary/aromatic N) is 2. The molecular weight excluding hydrogens is 725 g/mol. The Bertz CT molecular complexity index is 3070. The molecule has 0 radical (unpaired) electrons. The van der Waals surface area contributed by atoms with E-state index >= 15 is 14.4 Å². The van der Waals surface area contributed by atoms with Gasteiger partial charge in [0.2, 0.25) is 0 Å². The zero-order chi connectivity index (χ0) is 40.6. The molecule has 0 saturated carbocycles. The second-order valence-electron chi connectivity index (χ2n) is 17.1. The maximum Gasteiger partial charge on any atom is 0.269 e. The average Bonchev–Trinajstić information content (AvgIpc) is 3.77. The summed E-state index contributed by atoms with van der Waals surface area (Å²) in [6.07, 6.45) is -1.51. The molecule has 10 rings (SSSR count). The van der Waals surface area contributed by atoms with E-state index in [-0.39, 0.29) is 51.5 Å². The zero-order valence-corrected chi connectivity index (χ0v) is 33.9. The van der Waals surface area contributed by atoms with Crippen molar-refractivity contribution in [3.05, 3.63) is 129 Å². The van der Waals surface area contributed by atoms with E-state index in [0.29, 0.717) is 60.4 Å². The van der Waals surface area contributed by atoms with Crippen LogP contribution in [0.1, 0.15) is 144 Å². The number of anilines is 2. The molecule has 1 atom stereocenters. The molecule has 6 aromatic carbocycles. The molecule has 58 heavy (non-hydrogen) atoms. The molecule has 1 unspecified atom stereocenters. The molecule has 4 heterocycles. The van der Waals surface area contributed by atoms with Crippen LogP contribution in [0.15, 0.2) is 93.8 Å². The number of carbonyl (C=O) groups is 3. The minimum atomic E-state index is -1.51. The van der Waals surface area contributed by atoms with Crippen LogP contribution in [0, 0.1) is 0 Å². The molecule has 8 heteroatoms. The van der Waals surface area contributed by atoms with Crippen molar-refractivity contribution in [1.82, 2.24) is 0 Å². The van der Waals surface area contributed by atoms with Gasteiger partial charge in [0.05, 0.1) is 28.1 Å². The Morgan fingerprint density at radius 2 is 0.914 bits per heavy atom. The second-order valence-corrected chi connectivity index (χ2v) is 17.1. The quantitative estimate of drug-likeness (QED) is 0.169. The highest BCUT2D eigenvalue weighted by molar-refractivity contribution is 6.46. The normalized spacial score (nSPS) is 15.8. The van der Waals surface area contributed by atoms with Crippen LogP contribution in [-0.2, 0) is 0 Å². The number of hydrogen-bond acceptors (Lipinski definition) is 6. The summed E-state index contributed by atoms with van der Waals surface area (Å²) in [5, 5.41) is 15.9. The van der Waals surface area contributed by atoms with Gasteiger partial charge in [0.25, 0.3) is 17.7 Å². The minimum absolute atomic E-state index is 0.0112. The smallest absolute Gasteiger partial charge is 0.269 e. The molecule has 0 fully saturated rings. The van der Waals surface area contributed by atoms with Gasteiger partial charge in [0.15, 0.2) is 6.23 Å². The maximum atomic E-state index is 15.7. The first-order chi connectivity index (χ1) is 27.8. The fourth-order valence-electron chi connectivity index (χ4n) is 9.75. The first-order valence-electron chi connectivity index (χ1n) is 20.3. The number of aliphatic hydroxyl groups is 1. The van der Waals surface area contributed by atoms with Crippen LogP contribution in [0.5, 0.6) is 0 Å². The number of para-hydroxylation sites is 4. The van der Waals surface area contributed by atoms with E-state index < -0.39 is 23.9 Å². The van der Waals surface area contributed by atoms with Crippen LogP contribution in [0.4, 0.5) is 11.4 Å². The number of rotatable bonds is 6. The van der Waals surface area contributed by atoms with Gasteiger partial charge in [-0.1, -0.05) is 128 Å². The van der Waals surface area contributed by atoms with Crippen LogP contribution >= 0.6 is 0 Å². The topological polar surface area (TPSA) is 104 Å². The summed E-state index contributed by atoms with van der Waals surface area (Å²) in [5.74, 6) is -1.55. The Morgan fingerprint density at radius 3 is 1.43 bits per heavy atom. The van der Waals surface area contributed by atoms with Crippen molar-refractivity contribution in [3.8, 4) is 0 Å². The first-order valence-corrected chi connectivity index (χ1v) is 20.3. The number of amides is 3. The molecule has 8 nitrogen and oxygen atoms in total. The lowest BCUT2D eigenvalue weighted by Crippen LogP contribution is -2.44. The van der Waals surface area contributed by atoms with Gasteiger partial charge in [-0.2, -0.15) is 0 Å². The van der Waals surface area contributed by atoms with Crippen molar-refractivity contribution < 1.29 is 28.3 Å². The molecule has 290 valence electrons. The van der Waals surface area contributed by atoms with E-state index in [4.69, 9.17) is 8.83 Å². The lowest BCUT2D eigenvalue weighted by atomic mass is 9.80. The predicted molar refractivity (Wildman–Crippen MR) is 231 cm³/mol. The van der Waals surface area contributed by atoms with E-state index in [9.17, 15) is 5.11 Å². The molecule has 2 aliphatic heterocycles. The number of benzene rings is 6. The van der Waals surface area contributed by atoms with Crippen LogP contribution in [0.2, 0.25) is 0 Å². The maximum absolute atomic E-state index is 15.7. The zero-order valence-electron chi connectivity index (χ0n) is 33.9. The van der Waals surface area contributed by atoms with E-state index in [1.165, 1.54) is 9.80 Å². The third kappa shape index (κ3) is 4.63. The summed E-state index contributed by atoms with van der Waals surface area (Å²) >= 11 is 0. The number of furan rings is 2.